The van der Waals surface area contributed by atoms with Gasteiger partial charge in [-0.2, -0.15) is 0 Å². The number of hydrogen-bond donors (Lipinski definition) is 1. The predicted octanol–water partition coefficient (Wildman–Crippen LogP) is 2.46. The van der Waals surface area contributed by atoms with Crippen molar-refractivity contribution in [1.29, 1.82) is 0 Å². The van der Waals surface area contributed by atoms with E-state index in [1.165, 1.54) is 0 Å². The van der Waals surface area contributed by atoms with Crippen LogP contribution in [0.15, 0.2) is 0 Å². The Morgan fingerprint density at radius 2 is 1.88 bits per heavy atom. The van der Waals surface area contributed by atoms with Crippen molar-refractivity contribution in [3.05, 3.63) is 0 Å². The van der Waals surface area contributed by atoms with E-state index in [4.69, 9.17) is 6.42 Å². The van der Waals surface area contributed by atoms with Crippen LogP contribution in [-0.4, -0.2) is 28.1 Å². The van der Waals surface area contributed by atoms with Gasteiger partial charge in [-0.25, -0.2) is 0 Å². The van der Waals surface area contributed by atoms with E-state index in [1.54, 1.807) is 0 Å². The summed E-state index contributed by atoms with van der Waals surface area (Å²) in [5.74, 6) is 3.22. The van der Waals surface area contributed by atoms with Gasteiger partial charge in [0.2, 0.25) is 0 Å². The summed E-state index contributed by atoms with van der Waals surface area (Å²) in [5, 5.41) is 11.4. The lowest BCUT2D eigenvalue weighted by molar-refractivity contribution is -0.205. The Balaban J connectivity index is 1.80. The first kappa shape index (κ1) is 17.0. The van der Waals surface area contributed by atoms with Crippen molar-refractivity contribution in [2.24, 2.45) is 28.6 Å². The zero-order valence-electron chi connectivity index (χ0n) is 14.8. The van der Waals surface area contributed by atoms with Crippen molar-refractivity contribution in [2.45, 2.75) is 70.3 Å². The molecular weight excluding hydrogens is 316 g/mol. The van der Waals surface area contributed by atoms with Gasteiger partial charge in [-0.3, -0.25) is 14.4 Å². The average Bonchev–Trinajstić information content (AvgIpc) is 2.86. The van der Waals surface area contributed by atoms with Crippen molar-refractivity contribution in [3.63, 3.8) is 0 Å². The highest BCUT2D eigenvalue weighted by Gasteiger charge is 2.69. The molecule has 6 atom stereocenters. The number of Topliss-reactive ketones (excluding diaryl/α,β-unsaturated/α-hetero) is 3. The average molecular weight is 342 g/mol. The quantitative estimate of drug-likeness (QED) is 0.743. The maximum Gasteiger partial charge on any atom is 0.165 e. The molecule has 0 aromatic carbocycles. The fraction of sp³-hybridized carbons (Fsp3) is 0.762. The molecule has 1 unspecified atom stereocenters. The van der Waals surface area contributed by atoms with E-state index in [0.29, 0.717) is 31.5 Å². The van der Waals surface area contributed by atoms with Crippen molar-refractivity contribution in [1.82, 2.24) is 0 Å². The first-order chi connectivity index (χ1) is 11.8. The second-order valence-corrected chi connectivity index (χ2v) is 9.03. The molecule has 0 aromatic heterocycles. The largest absolute Gasteiger partial charge is 0.381 e. The lowest BCUT2D eigenvalue weighted by atomic mass is 9.42. The van der Waals surface area contributed by atoms with Gasteiger partial charge in [0.25, 0.3) is 0 Å². The molecule has 0 radical (unpaired) electrons. The van der Waals surface area contributed by atoms with Gasteiger partial charge < -0.3 is 5.11 Å². The van der Waals surface area contributed by atoms with E-state index in [1.807, 2.05) is 0 Å². The van der Waals surface area contributed by atoms with Gasteiger partial charge in [0.05, 0.1) is 0 Å². The minimum absolute atomic E-state index is 0.0429. The lowest BCUT2D eigenvalue weighted by Crippen LogP contribution is -2.67. The smallest absolute Gasteiger partial charge is 0.165 e. The van der Waals surface area contributed by atoms with Crippen LogP contribution in [0.2, 0.25) is 0 Å². The Morgan fingerprint density at radius 1 is 1.12 bits per heavy atom. The molecule has 4 aliphatic rings. The van der Waals surface area contributed by atoms with Gasteiger partial charge in [0.15, 0.2) is 5.78 Å². The summed E-state index contributed by atoms with van der Waals surface area (Å²) in [6, 6.07) is 0. The van der Waals surface area contributed by atoms with E-state index >= 15 is 0 Å². The number of carbonyl (C=O) groups is 3. The summed E-state index contributed by atoms with van der Waals surface area (Å²) in [7, 11) is 0. The molecule has 0 spiro atoms. The van der Waals surface area contributed by atoms with Crippen LogP contribution < -0.4 is 0 Å². The Morgan fingerprint density at radius 3 is 2.60 bits per heavy atom. The molecular formula is C21H26O4. The lowest BCUT2D eigenvalue weighted by Gasteiger charge is -2.62. The molecule has 4 rings (SSSR count). The topological polar surface area (TPSA) is 71.4 Å². The Hall–Kier alpha value is -1.47. The third-order valence-electron chi connectivity index (χ3n) is 8.28. The van der Waals surface area contributed by atoms with Crippen LogP contribution in [-0.2, 0) is 14.4 Å². The first-order valence-corrected chi connectivity index (χ1v) is 9.53. The van der Waals surface area contributed by atoms with Crippen LogP contribution >= 0.6 is 0 Å². The first-order valence-electron chi connectivity index (χ1n) is 9.53. The molecule has 4 saturated carbocycles. The maximum atomic E-state index is 13.0. The van der Waals surface area contributed by atoms with Gasteiger partial charge in [-0.15, -0.1) is 12.3 Å². The molecule has 0 saturated heterocycles. The van der Waals surface area contributed by atoms with E-state index in [9.17, 15) is 19.5 Å². The van der Waals surface area contributed by atoms with E-state index in [2.05, 4.69) is 12.8 Å². The highest BCUT2D eigenvalue weighted by Crippen LogP contribution is 2.66. The number of rotatable bonds is 1. The third kappa shape index (κ3) is 1.96. The summed E-state index contributed by atoms with van der Waals surface area (Å²) in [6.07, 6.45) is 10.2. The summed E-state index contributed by atoms with van der Waals surface area (Å²) < 4.78 is 0. The fourth-order valence-corrected chi connectivity index (χ4v) is 6.95. The van der Waals surface area contributed by atoms with Crippen LogP contribution in [0.4, 0.5) is 0 Å². The third-order valence-corrected chi connectivity index (χ3v) is 8.28. The van der Waals surface area contributed by atoms with E-state index in [-0.39, 0.29) is 47.6 Å². The Bertz CT molecular complexity index is 703. The van der Waals surface area contributed by atoms with Crippen molar-refractivity contribution in [3.8, 4) is 12.3 Å². The summed E-state index contributed by atoms with van der Waals surface area (Å²) >= 11 is 0. The van der Waals surface area contributed by atoms with Crippen LogP contribution in [0.1, 0.15) is 64.7 Å². The maximum absolute atomic E-state index is 13.0. The summed E-state index contributed by atoms with van der Waals surface area (Å²) in [6.45, 7) is 2.06. The van der Waals surface area contributed by atoms with Gasteiger partial charge >= 0.3 is 0 Å². The zero-order chi connectivity index (χ0) is 18.0. The molecule has 4 nitrogen and oxygen atoms in total. The summed E-state index contributed by atoms with van der Waals surface area (Å²) in [5.41, 5.74) is -2.62. The van der Waals surface area contributed by atoms with Crippen LogP contribution in [0.25, 0.3) is 0 Å². The van der Waals surface area contributed by atoms with Crippen molar-refractivity contribution >= 4 is 17.3 Å². The molecule has 4 fully saturated rings. The van der Waals surface area contributed by atoms with Crippen molar-refractivity contribution in [2.75, 3.05) is 0 Å². The zero-order valence-corrected chi connectivity index (χ0v) is 14.8. The number of carbonyl (C=O) groups excluding carboxylic acids is 3. The number of hydrogen-bond acceptors (Lipinski definition) is 4. The molecule has 134 valence electrons. The van der Waals surface area contributed by atoms with Gasteiger partial charge in [-0.1, -0.05) is 6.92 Å². The molecule has 25 heavy (non-hydrogen) atoms. The van der Waals surface area contributed by atoms with Gasteiger partial charge in [-0.05, 0) is 43.4 Å². The fourth-order valence-electron chi connectivity index (χ4n) is 6.95. The molecule has 1 N–H and O–H groups in total. The molecule has 0 bridgehead atoms. The second-order valence-electron chi connectivity index (χ2n) is 9.03. The van der Waals surface area contributed by atoms with Crippen LogP contribution in [0.3, 0.4) is 0 Å². The number of aliphatic hydroxyl groups is 1. The van der Waals surface area contributed by atoms with E-state index < -0.39 is 11.0 Å². The van der Waals surface area contributed by atoms with Gasteiger partial charge in [0, 0.05) is 42.9 Å². The highest BCUT2D eigenvalue weighted by atomic mass is 16.3. The Labute approximate surface area is 148 Å². The van der Waals surface area contributed by atoms with Crippen LogP contribution in [0, 0.1) is 40.9 Å². The molecule has 0 amide bonds. The molecule has 4 heteroatoms. The highest BCUT2D eigenvalue weighted by molar-refractivity contribution is 5.96. The second kappa shape index (κ2) is 5.27. The monoisotopic (exact) mass is 342 g/mol. The molecule has 4 aliphatic carbocycles. The number of ketones is 3. The standard InChI is InChI=1S/C21H26O4/c1-3-8-20-10-6-13(22)12-21(20,25)18(24)11-14-15-4-5-17(23)19(15,2)9-7-16(14)20/h1,14-16,25H,4-12H2,2H3/t14-,15-,16-,19-,20?,21-/m0/s1. The van der Waals surface area contributed by atoms with Crippen LogP contribution in [0.5, 0.6) is 0 Å². The summed E-state index contributed by atoms with van der Waals surface area (Å²) in [4.78, 5) is 37.6. The number of fused-ring (bicyclic) bond motifs is 5. The number of terminal acetylenes is 1. The normalized spacial score (nSPS) is 49.2. The van der Waals surface area contributed by atoms with Crippen molar-refractivity contribution < 1.29 is 19.5 Å². The Kier molecular flexibility index (Phi) is 3.57. The molecule has 0 heterocycles. The molecule has 0 aromatic rings. The minimum Gasteiger partial charge on any atom is -0.381 e. The minimum atomic E-state index is -1.60. The van der Waals surface area contributed by atoms with Gasteiger partial charge in [0.1, 0.15) is 17.2 Å². The van der Waals surface area contributed by atoms with E-state index in [0.717, 1.165) is 19.3 Å². The SMILES string of the molecule is C#CCC12CCC(=O)C[C@]1(O)C(=O)C[C@@H]1[C@@H]2CC[C@]2(C)C(=O)CC[C@@H]12. The molecule has 0 aliphatic heterocycles. The predicted molar refractivity (Wildman–Crippen MR) is 91.4 cm³/mol.